The van der Waals surface area contributed by atoms with Crippen LogP contribution in [0.25, 0.3) is 0 Å². The summed E-state index contributed by atoms with van der Waals surface area (Å²) in [7, 11) is 1.50. The van der Waals surface area contributed by atoms with Gasteiger partial charge in [0.1, 0.15) is 12.4 Å². The molecule has 0 aliphatic carbocycles. The Morgan fingerprint density at radius 2 is 1.85 bits per heavy atom. The normalized spacial score (nSPS) is 15.5. The molecule has 1 aliphatic rings. The Morgan fingerprint density at radius 1 is 1.19 bits per heavy atom. The number of ether oxygens (including phenoxy) is 2. The molecule has 0 aromatic heterocycles. The molecule has 27 heavy (non-hydrogen) atoms. The second-order valence-corrected chi connectivity index (χ2v) is 8.19. The van der Waals surface area contributed by atoms with E-state index < -0.39 is 0 Å². The van der Waals surface area contributed by atoms with Crippen LogP contribution in [0.5, 0.6) is 5.75 Å². The minimum atomic E-state index is -0.111. The van der Waals surface area contributed by atoms with E-state index in [2.05, 4.69) is 39.1 Å². The Kier molecular flexibility index (Phi) is 7.25. The molecule has 0 bridgehead atoms. The van der Waals surface area contributed by atoms with Crippen LogP contribution in [0.2, 0.25) is 0 Å². The number of benzene rings is 1. The fraction of sp³-hybridized carbons (Fsp3) is 0.619. The third-order valence-corrected chi connectivity index (χ3v) is 4.78. The van der Waals surface area contributed by atoms with Crippen molar-refractivity contribution in [2.24, 2.45) is 0 Å². The Balaban J connectivity index is 1.86. The summed E-state index contributed by atoms with van der Waals surface area (Å²) in [6.07, 6.45) is 1.50. The van der Waals surface area contributed by atoms with E-state index in [-0.39, 0.29) is 36.5 Å². The van der Waals surface area contributed by atoms with E-state index in [1.165, 1.54) is 12.7 Å². The van der Waals surface area contributed by atoms with Gasteiger partial charge in [0.15, 0.2) is 6.61 Å². The SMILES string of the molecule is COCC(=O)NC1CCN(C(=O)COc2ccc(C)cc2C(C)(C)C)CC1. The first-order valence-corrected chi connectivity index (χ1v) is 9.50. The molecule has 6 heteroatoms. The van der Waals surface area contributed by atoms with Crippen LogP contribution in [0.4, 0.5) is 0 Å². The second kappa shape index (κ2) is 9.22. The third kappa shape index (κ3) is 6.24. The van der Waals surface area contributed by atoms with E-state index in [1.54, 1.807) is 0 Å². The lowest BCUT2D eigenvalue weighted by molar-refractivity contribution is -0.134. The fourth-order valence-electron chi connectivity index (χ4n) is 3.26. The van der Waals surface area contributed by atoms with E-state index in [1.807, 2.05) is 17.0 Å². The summed E-state index contributed by atoms with van der Waals surface area (Å²) in [5.74, 6) is 0.639. The maximum atomic E-state index is 12.5. The van der Waals surface area contributed by atoms with Crippen molar-refractivity contribution in [1.29, 1.82) is 0 Å². The molecule has 1 aromatic carbocycles. The van der Waals surface area contributed by atoms with Gasteiger partial charge in [0, 0.05) is 26.2 Å². The number of methoxy groups -OCH3 is 1. The van der Waals surface area contributed by atoms with Gasteiger partial charge >= 0.3 is 0 Å². The summed E-state index contributed by atoms with van der Waals surface area (Å²) in [6.45, 7) is 9.82. The molecule has 1 saturated heterocycles. The Bertz CT molecular complexity index is 659. The molecule has 1 aromatic rings. The summed E-state index contributed by atoms with van der Waals surface area (Å²) in [6, 6.07) is 6.17. The number of carbonyl (C=O) groups excluding carboxylic acids is 2. The molecule has 2 rings (SSSR count). The lowest BCUT2D eigenvalue weighted by atomic mass is 9.85. The van der Waals surface area contributed by atoms with Gasteiger partial charge in [0.25, 0.3) is 5.91 Å². The smallest absolute Gasteiger partial charge is 0.260 e. The first kappa shape index (κ1) is 21.2. The molecule has 0 atom stereocenters. The number of amides is 2. The van der Waals surface area contributed by atoms with Crippen molar-refractivity contribution in [3.05, 3.63) is 29.3 Å². The van der Waals surface area contributed by atoms with Gasteiger partial charge in [-0.05, 0) is 36.8 Å². The summed E-state index contributed by atoms with van der Waals surface area (Å²) in [5.41, 5.74) is 2.23. The summed E-state index contributed by atoms with van der Waals surface area (Å²) in [5, 5.41) is 2.93. The van der Waals surface area contributed by atoms with Crippen molar-refractivity contribution < 1.29 is 19.1 Å². The van der Waals surface area contributed by atoms with Crippen LogP contribution >= 0.6 is 0 Å². The zero-order valence-electron chi connectivity index (χ0n) is 17.1. The van der Waals surface area contributed by atoms with Gasteiger partial charge in [0.2, 0.25) is 5.91 Å². The quantitative estimate of drug-likeness (QED) is 0.828. The van der Waals surface area contributed by atoms with E-state index in [0.717, 1.165) is 24.2 Å². The van der Waals surface area contributed by atoms with Crippen molar-refractivity contribution in [3.63, 3.8) is 0 Å². The Labute approximate surface area is 162 Å². The molecule has 1 fully saturated rings. The Hall–Kier alpha value is -2.08. The van der Waals surface area contributed by atoms with Gasteiger partial charge in [-0.1, -0.05) is 38.5 Å². The number of nitrogens with one attached hydrogen (secondary N) is 1. The fourth-order valence-corrected chi connectivity index (χ4v) is 3.26. The van der Waals surface area contributed by atoms with Gasteiger partial charge in [-0.15, -0.1) is 0 Å². The van der Waals surface area contributed by atoms with Crippen molar-refractivity contribution in [2.75, 3.05) is 33.4 Å². The summed E-state index contributed by atoms with van der Waals surface area (Å²) < 4.78 is 10.7. The molecule has 1 N–H and O–H groups in total. The lowest BCUT2D eigenvalue weighted by Crippen LogP contribution is -2.48. The number of piperidine rings is 1. The topological polar surface area (TPSA) is 67.9 Å². The monoisotopic (exact) mass is 376 g/mol. The summed E-state index contributed by atoms with van der Waals surface area (Å²) in [4.78, 5) is 25.9. The van der Waals surface area contributed by atoms with Crippen molar-refractivity contribution in [1.82, 2.24) is 10.2 Å². The predicted octanol–water partition coefficient (Wildman–Crippen LogP) is 2.42. The molecule has 6 nitrogen and oxygen atoms in total. The van der Waals surface area contributed by atoms with E-state index in [9.17, 15) is 9.59 Å². The van der Waals surface area contributed by atoms with Crippen LogP contribution < -0.4 is 10.1 Å². The van der Waals surface area contributed by atoms with Crippen LogP contribution in [-0.2, 0) is 19.7 Å². The summed E-state index contributed by atoms with van der Waals surface area (Å²) >= 11 is 0. The maximum absolute atomic E-state index is 12.5. The van der Waals surface area contributed by atoms with Crippen LogP contribution in [0, 0.1) is 6.92 Å². The number of nitrogens with zero attached hydrogens (tertiary/aromatic N) is 1. The van der Waals surface area contributed by atoms with Crippen LogP contribution in [0.3, 0.4) is 0 Å². The number of likely N-dealkylation sites (tertiary alicyclic amines) is 1. The zero-order chi connectivity index (χ0) is 20.0. The first-order chi connectivity index (χ1) is 12.7. The highest BCUT2D eigenvalue weighted by atomic mass is 16.5. The lowest BCUT2D eigenvalue weighted by Gasteiger charge is -2.32. The second-order valence-electron chi connectivity index (χ2n) is 8.19. The first-order valence-electron chi connectivity index (χ1n) is 9.50. The van der Waals surface area contributed by atoms with Crippen LogP contribution in [-0.4, -0.2) is 56.2 Å². The van der Waals surface area contributed by atoms with E-state index in [4.69, 9.17) is 9.47 Å². The average Bonchev–Trinajstić information content (AvgIpc) is 2.60. The third-order valence-electron chi connectivity index (χ3n) is 4.78. The predicted molar refractivity (Wildman–Crippen MR) is 105 cm³/mol. The molecule has 0 unspecified atom stereocenters. The van der Waals surface area contributed by atoms with Crippen molar-refractivity contribution in [2.45, 2.75) is 52.0 Å². The molecular formula is C21H32N2O4. The number of hydrogen-bond acceptors (Lipinski definition) is 4. The van der Waals surface area contributed by atoms with E-state index >= 15 is 0 Å². The number of aryl methyl sites for hydroxylation is 1. The Morgan fingerprint density at radius 3 is 2.44 bits per heavy atom. The molecule has 2 amide bonds. The number of rotatable bonds is 6. The van der Waals surface area contributed by atoms with E-state index in [0.29, 0.717) is 13.1 Å². The van der Waals surface area contributed by atoms with Crippen molar-refractivity contribution >= 4 is 11.8 Å². The minimum absolute atomic E-state index is 0.0166. The highest BCUT2D eigenvalue weighted by Gasteiger charge is 2.25. The molecule has 0 radical (unpaired) electrons. The molecule has 0 spiro atoms. The van der Waals surface area contributed by atoms with Gasteiger partial charge in [-0.3, -0.25) is 9.59 Å². The van der Waals surface area contributed by atoms with Gasteiger partial charge < -0.3 is 19.7 Å². The molecule has 0 saturated carbocycles. The largest absolute Gasteiger partial charge is 0.483 e. The van der Waals surface area contributed by atoms with Gasteiger partial charge in [-0.2, -0.15) is 0 Å². The highest BCUT2D eigenvalue weighted by molar-refractivity contribution is 5.78. The zero-order valence-corrected chi connectivity index (χ0v) is 17.1. The maximum Gasteiger partial charge on any atom is 0.260 e. The molecule has 150 valence electrons. The van der Waals surface area contributed by atoms with Crippen LogP contribution in [0.1, 0.15) is 44.7 Å². The average molecular weight is 376 g/mol. The number of hydrogen-bond donors (Lipinski definition) is 1. The minimum Gasteiger partial charge on any atom is -0.483 e. The molecule has 1 aliphatic heterocycles. The molecule has 1 heterocycles. The van der Waals surface area contributed by atoms with Gasteiger partial charge in [-0.25, -0.2) is 0 Å². The number of carbonyl (C=O) groups is 2. The van der Waals surface area contributed by atoms with Gasteiger partial charge in [0.05, 0.1) is 0 Å². The van der Waals surface area contributed by atoms with Crippen LogP contribution in [0.15, 0.2) is 18.2 Å². The highest BCUT2D eigenvalue weighted by Crippen LogP contribution is 2.32. The standard InChI is InChI=1S/C21H32N2O4/c1-15-6-7-18(17(12-15)21(2,3)4)27-14-20(25)23-10-8-16(9-11-23)22-19(24)13-26-5/h6-7,12,16H,8-11,13-14H2,1-5H3,(H,22,24). The van der Waals surface area contributed by atoms with Crippen molar-refractivity contribution in [3.8, 4) is 5.75 Å². The molecular weight excluding hydrogens is 344 g/mol.